The SMILES string of the molecule is COC(=O)C1(NCC2CC2)CC(C)(C)OC1(C)C. The molecule has 2 rings (SSSR count). The lowest BCUT2D eigenvalue weighted by molar-refractivity contribution is -0.157. The molecule has 0 spiro atoms. The number of hydrogen-bond acceptors (Lipinski definition) is 4. The van der Waals surface area contributed by atoms with E-state index in [0.29, 0.717) is 12.3 Å². The number of esters is 1. The van der Waals surface area contributed by atoms with E-state index in [1.54, 1.807) is 0 Å². The molecule has 0 amide bonds. The molecule has 4 heteroatoms. The maximum Gasteiger partial charge on any atom is 0.329 e. The van der Waals surface area contributed by atoms with E-state index in [0.717, 1.165) is 6.54 Å². The molecule has 1 aliphatic heterocycles. The van der Waals surface area contributed by atoms with Gasteiger partial charge >= 0.3 is 5.97 Å². The highest BCUT2D eigenvalue weighted by molar-refractivity contribution is 5.83. The summed E-state index contributed by atoms with van der Waals surface area (Å²) in [5.74, 6) is 0.504. The van der Waals surface area contributed by atoms with Crippen LogP contribution in [0.25, 0.3) is 0 Å². The summed E-state index contributed by atoms with van der Waals surface area (Å²) in [4.78, 5) is 12.3. The van der Waals surface area contributed by atoms with Crippen molar-refractivity contribution in [2.75, 3.05) is 13.7 Å². The number of methoxy groups -OCH3 is 1. The van der Waals surface area contributed by atoms with Gasteiger partial charge in [0, 0.05) is 6.42 Å². The minimum absolute atomic E-state index is 0.210. The van der Waals surface area contributed by atoms with Gasteiger partial charge in [0.1, 0.15) is 5.54 Å². The Bertz CT molecular complexity index is 347. The highest BCUT2D eigenvalue weighted by Gasteiger charge is 2.62. The van der Waals surface area contributed by atoms with Gasteiger partial charge in [-0.2, -0.15) is 0 Å². The summed E-state index contributed by atoms with van der Waals surface area (Å²) in [5.41, 5.74) is -1.60. The van der Waals surface area contributed by atoms with Crippen molar-refractivity contribution in [1.29, 1.82) is 0 Å². The molecule has 1 N–H and O–H groups in total. The predicted octanol–water partition coefficient (Wildman–Crippen LogP) is 1.88. The van der Waals surface area contributed by atoms with E-state index < -0.39 is 11.1 Å². The van der Waals surface area contributed by atoms with Gasteiger partial charge in [-0.3, -0.25) is 5.32 Å². The molecular weight excluding hydrogens is 230 g/mol. The molecule has 1 saturated heterocycles. The monoisotopic (exact) mass is 255 g/mol. The van der Waals surface area contributed by atoms with Gasteiger partial charge in [0.15, 0.2) is 0 Å². The summed E-state index contributed by atoms with van der Waals surface area (Å²) < 4.78 is 11.1. The van der Waals surface area contributed by atoms with Crippen molar-refractivity contribution in [2.24, 2.45) is 5.92 Å². The van der Waals surface area contributed by atoms with Crippen molar-refractivity contribution in [3.8, 4) is 0 Å². The van der Waals surface area contributed by atoms with Gasteiger partial charge in [-0.05, 0) is 53.0 Å². The van der Waals surface area contributed by atoms with Crippen molar-refractivity contribution in [3.05, 3.63) is 0 Å². The van der Waals surface area contributed by atoms with E-state index >= 15 is 0 Å². The molecule has 0 aromatic heterocycles. The molecule has 104 valence electrons. The number of ether oxygens (including phenoxy) is 2. The number of carbonyl (C=O) groups is 1. The Morgan fingerprint density at radius 1 is 1.33 bits per heavy atom. The summed E-state index contributed by atoms with van der Waals surface area (Å²) in [6.07, 6.45) is 3.16. The van der Waals surface area contributed by atoms with E-state index in [1.807, 2.05) is 27.7 Å². The molecule has 0 aromatic rings. The van der Waals surface area contributed by atoms with Crippen LogP contribution < -0.4 is 5.32 Å². The topological polar surface area (TPSA) is 47.6 Å². The van der Waals surface area contributed by atoms with Gasteiger partial charge in [0.05, 0.1) is 18.3 Å². The number of rotatable bonds is 4. The third kappa shape index (κ3) is 2.28. The maximum atomic E-state index is 12.3. The largest absolute Gasteiger partial charge is 0.468 e. The Morgan fingerprint density at radius 3 is 2.33 bits per heavy atom. The first kappa shape index (κ1) is 13.8. The molecule has 2 aliphatic rings. The lowest BCUT2D eigenvalue weighted by Gasteiger charge is -2.38. The van der Waals surface area contributed by atoms with Crippen LogP contribution in [-0.4, -0.2) is 36.4 Å². The smallest absolute Gasteiger partial charge is 0.329 e. The van der Waals surface area contributed by atoms with Crippen molar-refractivity contribution >= 4 is 5.97 Å². The standard InChI is InChI=1S/C14H25NO3/c1-12(2)9-14(11(16)17-5,13(3,4)18-12)15-8-10-6-7-10/h10,15H,6-9H2,1-5H3. The molecule has 1 aliphatic carbocycles. The first-order valence-corrected chi connectivity index (χ1v) is 6.76. The fourth-order valence-corrected chi connectivity index (χ4v) is 3.15. The predicted molar refractivity (Wildman–Crippen MR) is 69.3 cm³/mol. The fourth-order valence-electron chi connectivity index (χ4n) is 3.15. The van der Waals surface area contributed by atoms with Crippen LogP contribution in [0.1, 0.15) is 47.0 Å². The fraction of sp³-hybridized carbons (Fsp3) is 0.929. The zero-order valence-corrected chi connectivity index (χ0v) is 12.1. The van der Waals surface area contributed by atoms with E-state index in [4.69, 9.17) is 9.47 Å². The normalized spacial score (nSPS) is 33.4. The van der Waals surface area contributed by atoms with E-state index in [-0.39, 0.29) is 11.6 Å². The van der Waals surface area contributed by atoms with Crippen LogP contribution in [0.2, 0.25) is 0 Å². The number of hydrogen-bond donors (Lipinski definition) is 1. The summed E-state index contributed by atoms with van der Waals surface area (Å²) >= 11 is 0. The van der Waals surface area contributed by atoms with Gasteiger partial charge in [-0.25, -0.2) is 4.79 Å². The highest BCUT2D eigenvalue weighted by Crippen LogP contribution is 2.46. The zero-order valence-electron chi connectivity index (χ0n) is 12.1. The molecule has 1 saturated carbocycles. The Kier molecular flexibility index (Phi) is 3.23. The van der Waals surface area contributed by atoms with Gasteiger partial charge < -0.3 is 9.47 Å². The van der Waals surface area contributed by atoms with Crippen molar-refractivity contribution in [1.82, 2.24) is 5.32 Å². The molecule has 1 heterocycles. The third-order valence-corrected chi connectivity index (χ3v) is 4.17. The van der Waals surface area contributed by atoms with Crippen LogP contribution in [0.15, 0.2) is 0 Å². The van der Waals surface area contributed by atoms with Crippen LogP contribution in [0.5, 0.6) is 0 Å². The second-order valence-corrected chi connectivity index (χ2v) is 6.77. The highest BCUT2D eigenvalue weighted by atomic mass is 16.6. The number of carbonyl (C=O) groups excluding carboxylic acids is 1. The Morgan fingerprint density at radius 2 is 1.94 bits per heavy atom. The Labute approximate surface area is 109 Å². The second kappa shape index (κ2) is 4.20. The molecule has 0 radical (unpaired) electrons. The average Bonchev–Trinajstić information content (AvgIpc) is 3.01. The van der Waals surface area contributed by atoms with Gasteiger partial charge in [0.2, 0.25) is 0 Å². The first-order chi connectivity index (χ1) is 8.22. The van der Waals surface area contributed by atoms with Gasteiger partial charge in [0.25, 0.3) is 0 Å². The van der Waals surface area contributed by atoms with E-state index in [2.05, 4.69) is 5.32 Å². The maximum absolute atomic E-state index is 12.3. The molecule has 4 nitrogen and oxygen atoms in total. The quantitative estimate of drug-likeness (QED) is 0.779. The number of nitrogens with one attached hydrogen (secondary N) is 1. The molecule has 18 heavy (non-hydrogen) atoms. The van der Waals surface area contributed by atoms with Crippen LogP contribution >= 0.6 is 0 Å². The summed E-state index contributed by atoms with van der Waals surface area (Å²) in [7, 11) is 1.45. The van der Waals surface area contributed by atoms with Crippen LogP contribution in [-0.2, 0) is 14.3 Å². The second-order valence-electron chi connectivity index (χ2n) is 6.77. The Hall–Kier alpha value is -0.610. The summed E-state index contributed by atoms with van der Waals surface area (Å²) in [6, 6.07) is 0. The molecule has 0 bridgehead atoms. The van der Waals surface area contributed by atoms with E-state index in [9.17, 15) is 4.79 Å². The van der Waals surface area contributed by atoms with Crippen LogP contribution in [0, 0.1) is 5.92 Å². The van der Waals surface area contributed by atoms with Crippen molar-refractivity contribution in [2.45, 2.75) is 63.7 Å². The van der Waals surface area contributed by atoms with Crippen LogP contribution in [0.4, 0.5) is 0 Å². The Balaban J connectivity index is 2.25. The van der Waals surface area contributed by atoms with Crippen molar-refractivity contribution < 1.29 is 14.3 Å². The zero-order chi connectivity index (χ0) is 13.6. The van der Waals surface area contributed by atoms with Crippen LogP contribution in [0.3, 0.4) is 0 Å². The summed E-state index contributed by atoms with van der Waals surface area (Å²) in [6.45, 7) is 8.87. The third-order valence-electron chi connectivity index (χ3n) is 4.17. The van der Waals surface area contributed by atoms with Crippen molar-refractivity contribution in [3.63, 3.8) is 0 Å². The molecular formula is C14H25NO3. The minimum Gasteiger partial charge on any atom is -0.468 e. The van der Waals surface area contributed by atoms with E-state index in [1.165, 1.54) is 20.0 Å². The molecule has 1 unspecified atom stereocenters. The molecule has 1 atom stereocenters. The lowest BCUT2D eigenvalue weighted by Crippen LogP contribution is -2.63. The first-order valence-electron chi connectivity index (χ1n) is 6.76. The van der Waals surface area contributed by atoms with Gasteiger partial charge in [-0.1, -0.05) is 0 Å². The minimum atomic E-state index is -0.728. The molecule has 0 aromatic carbocycles. The summed E-state index contributed by atoms with van der Waals surface area (Å²) in [5, 5.41) is 3.45. The van der Waals surface area contributed by atoms with Gasteiger partial charge in [-0.15, -0.1) is 0 Å². The average molecular weight is 255 g/mol. The molecule has 2 fully saturated rings. The lowest BCUT2D eigenvalue weighted by atomic mass is 9.78.